The number of nitrogens with zero attached hydrogens (tertiary/aromatic N) is 3. The summed E-state index contributed by atoms with van der Waals surface area (Å²) in [7, 11) is 0. The van der Waals surface area contributed by atoms with Gasteiger partial charge in [-0.3, -0.25) is 9.20 Å². The lowest BCUT2D eigenvalue weighted by Gasteiger charge is -2.10. The largest absolute Gasteiger partial charge is 0.573 e. The fourth-order valence-electron chi connectivity index (χ4n) is 2.24. The Morgan fingerprint density at radius 3 is 2.73 bits per heavy atom. The second-order valence-electron chi connectivity index (χ2n) is 5.18. The smallest absolute Gasteiger partial charge is 0.405 e. The van der Waals surface area contributed by atoms with E-state index in [-0.39, 0.29) is 17.9 Å². The van der Waals surface area contributed by atoms with Crippen molar-refractivity contribution in [1.82, 2.24) is 19.9 Å². The van der Waals surface area contributed by atoms with Crippen molar-refractivity contribution in [2.75, 3.05) is 0 Å². The van der Waals surface area contributed by atoms with Crippen molar-refractivity contribution < 1.29 is 22.7 Å². The number of aromatic nitrogens is 3. The van der Waals surface area contributed by atoms with Crippen LogP contribution >= 0.6 is 0 Å². The summed E-state index contributed by atoms with van der Waals surface area (Å²) in [4.78, 5) is 11.9. The highest BCUT2D eigenvalue weighted by Gasteiger charge is 2.31. The summed E-state index contributed by atoms with van der Waals surface area (Å²) in [6.45, 7) is 0.120. The molecule has 0 aliphatic heterocycles. The fourth-order valence-corrected chi connectivity index (χ4v) is 2.24. The van der Waals surface area contributed by atoms with Crippen LogP contribution in [-0.4, -0.2) is 26.9 Å². The molecule has 2 aromatic heterocycles. The Bertz CT molecular complexity index is 950. The molecule has 1 amide bonds. The van der Waals surface area contributed by atoms with Crippen molar-refractivity contribution >= 4 is 17.6 Å². The van der Waals surface area contributed by atoms with Gasteiger partial charge in [0.05, 0.1) is 6.54 Å². The number of fused-ring (bicyclic) bond motifs is 1. The van der Waals surface area contributed by atoms with Crippen molar-refractivity contribution in [3.05, 3.63) is 66.1 Å². The third-order valence-corrected chi connectivity index (χ3v) is 3.36. The van der Waals surface area contributed by atoms with E-state index in [1.54, 1.807) is 28.8 Å². The molecule has 0 spiro atoms. The number of ether oxygens (including phenoxy) is 1. The standard InChI is InChI=1S/C17H13F3N4O2/c18-17(19,20)26-13-6-2-1-5-12(13)8-9-16(25)21-11-15-23-22-14-7-3-4-10-24(14)15/h1-10H,11H2,(H,21,25)/b9-8+. The maximum Gasteiger partial charge on any atom is 0.573 e. The number of carbonyl (C=O) groups is 1. The molecule has 26 heavy (non-hydrogen) atoms. The molecule has 9 heteroatoms. The van der Waals surface area contributed by atoms with Crippen molar-refractivity contribution in [3.63, 3.8) is 0 Å². The molecule has 0 bridgehead atoms. The molecule has 0 saturated carbocycles. The van der Waals surface area contributed by atoms with Crippen LogP contribution in [0.25, 0.3) is 11.7 Å². The first-order chi connectivity index (χ1) is 12.4. The number of halogens is 3. The summed E-state index contributed by atoms with van der Waals surface area (Å²) in [5.41, 5.74) is 0.776. The molecule has 3 rings (SSSR count). The Kier molecular flexibility index (Phi) is 4.87. The van der Waals surface area contributed by atoms with Gasteiger partial charge in [-0.05, 0) is 24.3 Å². The van der Waals surface area contributed by atoms with Crippen molar-refractivity contribution in [3.8, 4) is 5.75 Å². The highest BCUT2D eigenvalue weighted by Crippen LogP contribution is 2.26. The molecular formula is C17H13F3N4O2. The van der Waals surface area contributed by atoms with Crippen molar-refractivity contribution in [1.29, 1.82) is 0 Å². The Morgan fingerprint density at radius 2 is 1.92 bits per heavy atom. The van der Waals surface area contributed by atoms with Crippen molar-refractivity contribution in [2.24, 2.45) is 0 Å². The second-order valence-corrected chi connectivity index (χ2v) is 5.18. The third kappa shape index (κ3) is 4.38. The molecule has 0 saturated heterocycles. The van der Waals surface area contributed by atoms with Crippen LogP contribution in [0.4, 0.5) is 13.2 Å². The number of para-hydroxylation sites is 1. The Balaban J connectivity index is 1.65. The van der Waals surface area contributed by atoms with E-state index < -0.39 is 12.3 Å². The zero-order valence-electron chi connectivity index (χ0n) is 13.3. The summed E-state index contributed by atoms with van der Waals surface area (Å²) in [5.74, 6) is -0.338. The van der Waals surface area contributed by atoms with Gasteiger partial charge in [-0.2, -0.15) is 0 Å². The minimum Gasteiger partial charge on any atom is -0.405 e. The molecule has 0 aliphatic carbocycles. The monoisotopic (exact) mass is 362 g/mol. The van der Waals surface area contributed by atoms with Crippen LogP contribution in [0.3, 0.4) is 0 Å². The minimum absolute atomic E-state index is 0.120. The number of hydrogen-bond acceptors (Lipinski definition) is 4. The molecule has 6 nitrogen and oxygen atoms in total. The van der Waals surface area contributed by atoms with Gasteiger partial charge in [0.1, 0.15) is 5.75 Å². The zero-order valence-corrected chi connectivity index (χ0v) is 13.3. The average Bonchev–Trinajstić information content (AvgIpc) is 3.01. The molecule has 1 aromatic carbocycles. The first-order valence-electron chi connectivity index (χ1n) is 7.52. The van der Waals surface area contributed by atoms with Gasteiger partial charge in [0, 0.05) is 17.8 Å². The van der Waals surface area contributed by atoms with E-state index in [2.05, 4.69) is 20.3 Å². The summed E-state index contributed by atoms with van der Waals surface area (Å²) in [6.07, 6.45) is -0.668. The molecule has 2 heterocycles. The number of rotatable bonds is 5. The number of hydrogen-bond donors (Lipinski definition) is 1. The van der Waals surface area contributed by atoms with Gasteiger partial charge >= 0.3 is 6.36 Å². The Morgan fingerprint density at radius 1 is 1.15 bits per heavy atom. The van der Waals surface area contributed by atoms with Crippen LogP contribution < -0.4 is 10.1 Å². The predicted octanol–water partition coefficient (Wildman–Crippen LogP) is 2.96. The van der Waals surface area contributed by atoms with Crippen LogP contribution in [0.5, 0.6) is 5.75 Å². The van der Waals surface area contributed by atoms with E-state index >= 15 is 0 Å². The topological polar surface area (TPSA) is 68.5 Å². The van der Waals surface area contributed by atoms with Gasteiger partial charge in [0.25, 0.3) is 0 Å². The van der Waals surface area contributed by atoms with E-state index in [4.69, 9.17) is 0 Å². The van der Waals surface area contributed by atoms with E-state index in [1.807, 2.05) is 6.07 Å². The van der Waals surface area contributed by atoms with Gasteiger partial charge in [0.2, 0.25) is 5.91 Å². The maximum absolute atomic E-state index is 12.4. The number of alkyl halides is 3. The quantitative estimate of drug-likeness (QED) is 0.709. The van der Waals surface area contributed by atoms with Gasteiger partial charge in [-0.1, -0.05) is 24.3 Å². The lowest BCUT2D eigenvalue weighted by Crippen LogP contribution is -2.21. The molecule has 0 fully saturated rings. The number of nitrogens with one attached hydrogen (secondary N) is 1. The molecule has 0 aliphatic rings. The Hall–Kier alpha value is -3.36. The van der Waals surface area contributed by atoms with Gasteiger partial charge in [-0.15, -0.1) is 23.4 Å². The average molecular weight is 362 g/mol. The third-order valence-electron chi connectivity index (χ3n) is 3.36. The van der Waals surface area contributed by atoms with Gasteiger partial charge in [0.15, 0.2) is 11.5 Å². The minimum atomic E-state index is -4.80. The molecular weight excluding hydrogens is 349 g/mol. The maximum atomic E-state index is 12.4. The summed E-state index contributed by atoms with van der Waals surface area (Å²) >= 11 is 0. The number of pyridine rings is 1. The SMILES string of the molecule is O=C(/C=C/c1ccccc1OC(F)(F)F)NCc1nnc2ccccn12. The molecule has 0 radical (unpaired) electrons. The highest BCUT2D eigenvalue weighted by atomic mass is 19.4. The summed E-state index contributed by atoms with van der Waals surface area (Å²) in [5, 5.41) is 10.5. The van der Waals surface area contributed by atoms with Crippen LogP contribution in [0.15, 0.2) is 54.7 Å². The highest BCUT2D eigenvalue weighted by molar-refractivity contribution is 5.92. The van der Waals surface area contributed by atoms with Gasteiger partial charge in [-0.25, -0.2) is 0 Å². The zero-order chi connectivity index (χ0) is 18.6. The molecule has 0 atom stereocenters. The normalized spacial score (nSPS) is 11.8. The van der Waals surface area contributed by atoms with Crippen LogP contribution in [0.1, 0.15) is 11.4 Å². The lowest BCUT2D eigenvalue weighted by atomic mass is 10.2. The molecule has 3 aromatic rings. The number of carbonyl (C=O) groups excluding carboxylic acids is 1. The van der Waals surface area contributed by atoms with E-state index in [0.29, 0.717) is 11.5 Å². The summed E-state index contributed by atoms with van der Waals surface area (Å²) < 4.78 is 42.8. The van der Waals surface area contributed by atoms with E-state index in [9.17, 15) is 18.0 Å². The van der Waals surface area contributed by atoms with Gasteiger partial charge < -0.3 is 10.1 Å². The van der Waals surface area contributed by atoms with Crippen LogP contribution in [0.2, 0.25) is 0 Å². The van der Waals surface area contributed by atoms with E-state index in [0.717, 1.165) is 6.08 Å². The van der Waals surface area contributed by atoms with Crippen molar-refractivity contribution in [2.45, 2.75) is 12.9 Å². The van der Waals surface area contributed by atoms with E-state index in [1.165, 1.54) is 24.3 Å². The molecule has 0 unspecified atom stereocenters. The number of benzene rings is 1. The molecule has 134 valence electrons. The molecule has 1 N–H and O–H groups in total. The fraction of sp³-hybridized carbons (Fsp3) is 0.118. The van der Waals surface area contributed by atoms with Crippen LogP contribution in [-0.2, 0) is 11.3 Å². The predicted molar refractivity (Wildman–Crippen MR) is 87.0 cm³/mol. The number of amides is 1. The summed E-state index contributed by atoms with van der Waals surface area (Å²) in [6, 6.07) is 10.9. The Labute approximate surface area is 145 Å². The first kappa shape index (κ1) is 17.5. The second kappa shape index (κ2) is 7.26. The lowest BCUT2D eigenvalue weighted by molar-refractivity contribution is -0.274. The van der Waals surface area contributed by atoms with Crippen LogP contribution in [0, 0.1) is 0 Å². The first-order valence-corrected chi connectivity index (χ1v) is 7.52.